The molecule has 11 heteroatoms. The molecule has 0 bridgehead atoms. The van der Waals surface area contributed by atoms with Gasteiger partial charge in [0.1, 0.15) is 5.56 Å². The van der Waals surface area contributed by atoms with E-state index in [-0.39, 0.29) is 45.4 Å². The minimum atomic E-state index is -1.12. The zero-order valence-electron chi connectivity index (χ0n) is 19.0. The summed E-state index contributed by atoms with van der Waals surface area (Å²) < 4.78 is 15.0. The summed E-state index contributed by atoms with van der Waals surface area (Å²) in [6.07, 6.45) is 0. The number of nitro groups is 1. The maximum Gasteiger partial charge on any atom is 0.345 e. The lowest BCUT2D eigenvalue weighted by atomic mass is 9.84. The number of nitrogens with zero attached hydrogens (tertiary/aromatic N) is 1. The van der Waals surface area contributed by atoms with Crippen molar-refractivity contribution in [2.45, 2.75) is 0 Å². The van der Waals surface area contributed by atoms with Crippen LogP contribution in [0.25, 0.3) is 0 Å². The van der Waals surface area contributed by atoms with Gasteiger partial charge in [-0.3, -0.25) is 24.5 Å². The number of hydrogen-bond acceptors (Lipinski definition) is 9. The fraction of sp³-hybridized carbons (Fsp3) is 0.120. The van der Waals surface area contributed by atoms with E-state index in [1.807, 2.05) is 0 Å². The van der Waals surface area contributed by atoms with Gasteiger partial charge in [-0.1, -0.05) is 24.3 Å². The third-order valence-corrected chi connectivity index (χ3v) is 5.46. The molecule has 3 aromatic carbocycles. The van der Waals surface area contributed by atoms with Gasteiger partial charge in [-0.15, -0.1) is 0 Å². The summed E-state index contributed by atoms with van der Waals surface area (Å²) in [5, 5.41) is 13.9. The third kappa shape index (κ3) is 4.37. The molecule has 0 aliphatic heterocycles. The van der Waals surface area contributed by atoms with E-state index in [2.05, 4.69) is 5.32 Å². The number of ether oxygens (including phenoxy) is 3. The van der Waals surface area contributed by atoms with Crippen molar-refractivity contribution in [1.29, 1.82) is 0 Å². The van der Waals surface area contributed by atoms with Crippen molar-refractivity contribution in [3.8, 4) is 11.5 Å². The molecule has 11 nitrogen and oxygen atoms in total. The summed E-state index contributed by atoms with van der Waals surface area (Å²) in [5.41, 5.74) is 0.107. The van der Waals surface area contributed by atoms with Crippen molar-refractivity contribution in [3.63, 3.8) is 0 Å². The highest BCUT2D eigenvalue weighted by Crippen LogP contribution is 2.35. The predicted octanol–water partition coefficient (Wildman–Crippen LogP) is 3.18. The zero-order valence-corrected chi connectivity index (χ0v) is 19.0. The van der Waals surface area contributed by atoms with E-state index < -0.39 is 34.7 Å². The number of amides is 1. The van der Waals surface area contributed by atoms with Gasteiger partial charge in [-0.05, 0) is 18.2 Å². The van der Waals surface area contributed by atoms with E-state index in [4.69, 9.17) is 14.2 Å². The second kappa shape index (κ2) is 9.66. The van der Waals surface area contributed by atoms with Crippen LogP contribution in [-0.2, 0) is 9.53 Å². The van der Waals surface area contributed by atoms with Crippen LogP contribution >= 0.6 is 0 Å². The number of nitro benzene ring substituents is 1. The van der Waals surface area contributed by atoms with Crippen LogP contribution in [0.15, 0.2) is 54.6 Å². The van der Waals surface area contributed by atoms with Gasteiger partial charge in [0.2, 0.25) is 0 Å². The van der Waals surface area contributed by atoms with Crippen LogP contribution in [0.3, 0.4) is 0 Å². The minimum absolute atomic E-state index is 0.0431. The Kier molecular flexibility index (Phi) is 6.46. The number of benzene rings is 3. The number of rotatable bonds is 7. The number of anilines is 1. The lowest BCUT2D eigenvalue weighted by Gasteiger charge is -2.18. The monoisotopic (exact) mass is 490 g/mol. The Morgan fingerprint density at radius 3 is 2.06 bits per heavy atom. The maximum atomic E-state index is 12.8. The first-order valence-corrected chi connectivity index (χ1v) is 10.4. The van der Waals surface area contributed by atoms with Gasteiger partial charge in [0.05, 0.1) is 25.2 Å². The van der Waals surface area contributed by atoms with Crippen LogP contribution in [0.2, 0.25) is 0 Å². The molecule has 0 fully saturated rings. The van der Waals surface area contributed by atoms with Crippen LogP contribution in [0.5, 0.6) is 11.5 Å². The van der Waals surface area contributed by atoms with Crippen molar-refractivity contribution in [3.05, 3.63) is 92.5 Å². The molecule has 0 spiro atoms. The summed E-state index contributed by atoms with van der Waals surface area (Å²) in [4.78, 5) is 61.0. The molecule has 0 heterocycles. The summed E-state index contributed by atoms with van der Waals surface area (Å²) in [6.45, 7) is -0.767. The van der Waals surface area contributed by atoms with Gasteiger partial charge in [-0.25, -0.2) is 4.79 Å². The molecule has 0 atom stereocenters. The van der Waals surface area contributed by atoms with Crippen LogP contribution < -0.4 is 14.8 Å². The Bertz CT molecular complexity index is 1450. The van der Waals surface area contributed by atoms with Crippen LogP contribution in [0.4, 0.5) is 11.4 Å². The van der Waals surface area contributed by atoms with Crippen molar-refractivity contribution in [2.24, 2.45) is 0 Å². The third-order valence-electron chi connectivity index (χ3n) is 5.46. The zero-order chi connectivity index (χ0) is 26.0. The number of fused-ring (bicyclic) bond motifs is 2. The average Bonchev–Trinajstić information content (AvgIpc) is 2.89. The molecular formula is C25H18N2O9. The van der Waals surface area contributed by atoms with E-state index >= 15 is 0 Å². The second-order valence-electron chi connectivity index (χ2n) is 7.57. The number of methoxy groups -OCH3 is 2. The van der Waals surface area contributed by atoms with Crippen molar-refractivity contribution in [2.75, 3.05) is 26.1 Å². The Hall–Kier alpha value is -5.06. The molecule has 0 saturated carbocycles. The van der Waals surface area contributed by atoms with Crippen molar-refractivity contribution < 1.29 is 38.3 Å². The van der Waals surface area contributed by atoms with Crippen molar-refractivity contribution >= 4 is 34.8 Å². The lowest BCUT2D eigenvalue weighted by molar-refractivity contribution is -0.385. The maximum absolute atomic E-state index is 12.8. The fourth-order valence-electron chi connectivity index (χ4n) is 3.77. The number of nitrogens with one attached hydrogen (secondary N) is 1. The van der Waals surface area contributed by atoms with E-state index in [9.17, 15) is 29.3 Å². The van der Waals surface area contributed by atoms with Gasteiger partial charge in [-0.2, -0.15) is 0 Å². The summed E-state index contributed by atoms with van der Waals surface area (Å²) in [6, 6.07) is 12.8. The fourth-order valence-corrected chi connectivity index (χ4v) is 3.77. The molecule has 0 saturated heterocycles. The molecule has 0 aromatic heterocycles. The predicted molar refractivity (Wildman–Crippen MR) is 125 cm³/mol. The molecule has 0 unspecified atom stereocenters. The van der Waals surface area contributed by atoms with E-state index in [1.54, 1.807) is 24.3 Å². The molecule has 0 radical (unpaired) electrons. The van der Waals surface area contributed by atoms with Gasteiger partial charge in [0, 0.05) is 34.0 Å². The van der Waals surface area contributed by atoms with Crippen LogP contribution in [0.1, 0.15) is 42.2 Å². The van der Waals surface area contributed by atoms with Gasteiger partial charge in [0.25, 0.3) is 11.6 Å². The highest BCUT2D eigenvalue weighted by Gasteiger charge is 2.30. The molecule has 4 rings (SSSR count). The highest BCUT2D eigenvalue weighted by molar-refractivity contribution is 6.28. The topological polar surface area (TPSA) is 151 Å². The normalized spacial score (nSPS) is 11.7. The number of hydrogen-bond donors (Lipinski definition) is 1. The molecule has 3 aromatic rings. The number of carbonyl (C=O) groups excluding carboxylic acids is 4. The molecule has 182 valence electrons. The van der Waals surface area contributed by atoms with Gasteiger partial charge in [0.15, 0.2) is 29.7 Å². The molecule has 36 heavy (non-hydrogen) atoms. The molecule has 1 aliphatic carbocycles. The van der Waals surface area contributed by atoms with Crippen molar-refractivity contribution in [1.82, 2.24) is 0 Å². The van der Waals surface area contributed by atoms with Crippen LogP contribution in [0, 0.1) is 10.1 Å². The largest absolute Gasteiger partial charge is 0.493 e. The first-order chi connectivity index (χ1) is 17.2. The molecule has 1 N–H and O–H groups in total. The first-order valence-electron chi connectivity index (χ1n) is 10.4. The SMILES string of the molecule is COc1cc(C(=O)OCC(=O)Nc2ccc3c(c2)C(=O)c2ccccc2C3=O)c([N+](=O)[O-])cc1OC. The molecular weight excluding hydrogens is 472 g/mol. The standard InChI is InChI=1S/C25H18N2O9/c1-34-20-10-18(19(27(32)33)11-21(20)35-2)25(31)36-12-22(28)26-13-7-8-16-17(9-13)24(30)15-6-4-3-5-14(15)23(16)29/h3-11H,12H2,1-2H3,(H,26,28). The Morgan fingerprint density at radius 2 is 1.44 bits per heavy atom. The van der Waals surface area contributed by atoms with E-state index in [0.717, 1.165) is 12.1 Å². The number of carbonyl (C=O) groups is 4. The average molecular weight is 490 g/mol. The smallest absolute Gasteiger partial charge is 0.345 e. The molecule has 1 amide bonds. The summed E-state index contributed by atoms with van der Waals surface area (Å²) >= 11 is 0. The Labute approximate surface area is 203 Å². The molecule has 1 aliphatic rings. The summed E-state index contributed by atoms with van der Waals surface area (Å²) in [5.74, 6) is -2.44. The van der Waals surface area contributed by atoms with E-state index in [1.165, 1.54) is 32.4 Å². The Morgan fingerprint density at radius 1 is 0.861 bits per heavy atom. The van der Waals surface area contributed by atoms with Gasteiger partial charge < -0.3 is 19.5 Å². The quantitative estimate of drug-likeness (QED) is 0.234. The second-order valence-corrected chi connectivity index (χ2v) is 7.57. The minimum Gasteiger partial charge on any atom is -0.493 e. The van der Waals surface area contributed by atoms with Crippen LogP contribution in [-0.4, -0.2) is 49.2 Å². The Balaban J connectivity index is 1.48. The number of esters is 1. The van der Waals surface area contributed by atoms with Gasteiger partial charge >= 0.3 is 5.97 Å². The summed E-state index contributed by atoms with van der Waals surface area (Å²) in [7, 11) is 2.58. The van der Waals surface area contributed by atoms with E-state index in [0.29, 0.717) is 5.56 Å². The lowest BCUT2D eigenvalue weighted by Crippen LogP contribution is -2.23. The first kappa shape index (κ1) is 24.1. The highest BCUT2D eigenvalue weighted by atomic mass is 16.6. The number of ketones is 2.